The molecule has 1 heterocycles. The Morgan fingerprint density at radius 2 is 1.91 bits per heavy atom. The Hall–Kier alpha value is -2.83. The highest BCUT2D eigenvalue weighted by atomic mass is 16.7. The lowest BCUT2D eigenvalue weighted by atomic mass is 10.0. The van der Waals surface area contributed by atoms with Crippen molar-refractivity contribution in [3.63, 3.8) is 0 Å². The van der Waals surface area contributed by atoms with Crippen molar-refractivity contribution in [1.29, 1.82) is 0 Å². The van der Waals surface area contributed by atoms with E-state index in [1.807, 2.05) is 0 Å². The Bertz CT molecular complexity index is 652. The number of esters is 1. The molecule has 7 nitrogen and oxygen atoms in total. The van der Waals surface area contributed by atoms with Crippen molar-refractivity contribution in [3.8, 4) is 0 Å². The molecular formula is C16H17NO6. The second kappa shape index (κ2) is 7.44. The highest BCUT2D eigenvalue weighted by molar-refractivity contribution is 5.82. The van der Waals surface area contributed by atoms with Gasteiger partial charge in [-0.25, -0.2) is 0 Å². The fourth-order valence-electron chi connectivity index (χ4n) is 2.01. The number of benzene rings is 1. The van der Waals surface area contributed by atoms with Crippen LogP contribution in [-0.4, -0.2) is 24.1 Å². The van der Waals surface area contributed by atoms with Gasteiger partial charge in [0.2, 0.25) is 0 Å². The highest BCUT2D eigenvalue weighted by Crippen LogP contribution is 2.32. The summed E-state index contributed by atoms with van der Waals surface area (Å²) in [6.45, 7) is 4.20. The lowest BCUT2D eigenvalue weighted by Crippen LogP contribution is -2.06. The topological polar surface area (TPSA) is 87.9 Å². The van der Waals surface area contributed by atoms with E-state index in [-0.39, 0.29) is 18.1 Å². The van der Waals surface area contributed by atoms with Gasteiger partial charge in [-0.05, 0) is 30.7 Å². The van der Waals surface area contributed by atoms with Crippen LogP contribution >= 0.6 is 0 Å². The van der Waals surface area contributed by atoms with E-state index in [4.69, 9.17) is 14.2 Å². The first-order valence-electron chi connectivity index (χ1n) is 7.18. The Kier molecular flexibility index (Phi) is 5.35. The molecule has 0 atom stereocenters. The molecule has 0 aliphatic carbocycles. The average Bonchev–Trinajstić information content (AvgIpc) is 3.08. The normalized spacial score (nSPS) is 14.0. The molecule has 1 fully saturated rings. The second-order valence-corrected chi connectivity index (χ2v) is 4.64. The zero-order valence-electron chi connectivity index (χ0n) is 12.9. The van der Waals surface area contributed by atoms with Crippen molar-refractivity contribution in [3.05, 3.63) is 57.7 Å². The number of carbonyl (C=O) groups is 1. The second-order valence-electron chi connectivity index (χ2n) is 4.64. The predicted molar refractivity (Wildman–Crippen MR) is 82.1 cm³/mol. The average molecular weight is 319 g/mol. The monoisotopic (exact) mass is 319 g/mol. The van der Waals surface area contributed by atoms with Crippen LogP contribution in [0.4, 0.5) is 5.69 Å². The zero-order valence-corrected chi connectivity index (χ0v) is 12.9. The van der Waals surface area contributed by atoms with Crippen molar-refractivity contribution >= 4 is 17.2 Å². The van der Waals surface area contributed by atoms with E-state index in [1.165, 1.54) is 12.1 Å². The molecular weight excluding hydrogens is 302 g/mol. The van der Waals surface area contributed by atoms with Crippen molar-refractivity contribution in [2.24, 2.45) is 0 Å². The van der Waals surface area contributed by atoms with Crippen LogP contribution in [0.15, 0.2) is 42.0 Å². The van der Waals surface area contributed by atoms with Gasteiger partial charge >= 0.3 is 5.97 Å². The Morgan fingerprint density at radius 3 is 2.39 bits per heavy atom. The zero-order chi connectivity index (χ0) is 16.8. The molecule has 1 aromatic rings. The maximum Gasteiger partial charge on any atom is 0.310 e. The molecule has 0 aromatic heterocycles. The van der Waals surface area contributed by atoms with Gasteiger partial charge in [0, 0.05) is 18.6 Å². The summed E-state index contributed by atoms with van der Waals surface area (Å²) in [5, 5.41) is 10.8. The summed E-state index contributed by atoms with van der Waals surface area (Å²) in [5.74, 6) is 0.148. The Balaban J connectivity index is 2.44. The van der Waals surface area contributed by atoms with Gasteiger partial charge in [0.1, 0.15) is 24.5 Å². The molecule has 23 heavy (non-hydrogen) atoms. The number of nitrogens with zero attached hydrogens (tertiary/aromatic N) is 1. The maximum atomic E-state index is 11.6. The van der Waals surface area contributed by atoms with Gasteiger partial charge in [0.05, 0.1) is 4.92 Å². The fourth-order valence-corrected chi connectivity index (χ4v) is 2.01. The van der Waals surface area contributed by atoms with E-state index in [0.717, 1.165) is 0 Å². The van der Waals surface area contributed by atoms with Crippen LogP contribution in [-0.2, 0) is 19.0 Å². The molecule has 0 radical (unpaired) electrons. The lowest BCUT2D eigenvalue weighted by molar-refractivity contribution is -0.384. The number of nitro benzene ring substituents is 1. The van der Waals surface area contributed by atoms with E-state index in [9.17, 15) is 14.9 Å². The fraction of sp³-hybridized carbons (Fsp3) is 0.312. The molecule has 2 rings (SSSR count). The first-order chi connectivity index (χ1) is 11.1. The third kappa shape index (κ3) is 3.88. The van der Waals surface area contributed by atoms with E-state index in [1.54, 1.807) is 32.1 Å². The number of non-ortho nitro benzene ring substituents is 1. The number of ether oxygens (including phenoxy) is 3. The summed E-state index contributed by atoms with van der Waals surface area (Å²) in [7, 11) is 0. The van der Waals surface area contributed by atoms with Gasteiger partial charge in [-0.15, -0.1) is 0 Å². The van der Waals surface area contributed by atoms with Crippen LogP contribution in [0.1, 0.15) is 25.8 Å². The van der Waals surface area contributed by atoms with Crippen molar-refractivity contribution in [2.75, 3.05) is 13.2 Å². The molecule has 122 valence electrons. The largest absolute Gasteiger partial charge is 0.461 e. The smallest absolute Gasteiger partial charge is 0.310 e. The first-order valence-corrected chi connectivity index (χ1v) is 7.18. The number of carbonyl (C=O) groups excluding carboxylic acids is 1. The number of allylic oxidation sites excluding steroid dienone is 2. The molecule has 1 saturated heterocycles. The van der Waals surface area contributed by atoms with Gasteiger partial charge in [0.25, 0.3) is 11.6 Å². The summed E-state index contributed by atoms with van der Waals surface area (Å²) >= 11 is 0. The molecule has 0 saturated carbocycles. The quantitative estimate of drug-likeness (QED) is 0.358. The van der Waals surface area contributed by atoms with Crippen LogP contribution < -0.4 is 0 Å². The van der Waals surface area contributed by atoms with Crippen LogP contribution in [0.2, 0.25) is 0 Å². The molecule has 1 aliphatic rings. The number of rotatable bonds is 5. The molecule has 7 heteroatoms. The van der Waals surface area contributed by atoms with E-state index < -0.39 is 10.9 Å². The van der Waals surface area contributed by atoms with Crippen molar-refractivity contribution in [2.45, 2.75) is 20.3 Å². The summed E-state index contributed by atoms with van der Waals surface area (Å²) in [4.78, 5) is 21.9. The molecule has 0 amide bonds. The standard InChI is InChI=1S/C16H17NO6/c1-3-13(23-14(18)4-2)15(16-21-9-10-22-16)11-5-7-12(8-6-11)17(19)20/h3,5-8H,4,9-10H2,1-2H3. The molecule has 0 unspecified atom stereocenters. The number of hydrogen-bond donors (Lipinski definition) is 0. The van der Waals surface area contributed by atoms with Crippen LogP contribution in [0.5, 0.6) is 0 Å². The molecule has 0 spiro atoms. The van der Waals surface area contributed by atoms with Gasteiger partial charge in [-0.2, -0.15) is 0 Å². The molecule has 0 bridgehead atoms. The molecule has 1 aliphatic heterocycles. The summed E-state index contributed by atoms with van der Waals surface area (Å²) in [5.41, 5.74) is 1.03. The first kappa shape index (κ1) is 16.5. The molecule has 1 aromatic carbocycles. The van der Waals surface area contributed by atoms with Crippen LogP contribution in [0.25, 0.3) is 5.57 Å². The Morgan fingerprint density at radius 1 is 1.30 bits per heavy atom. The minimum Gasteiger partial charge on any atom is -0.461 e. The molecule has 0 N–H and O–H groups in total. The highest BCUT2D eigenvalue weighted by Gasteiger charge is 2.24. The predicted octanol–water partition coefficient (Wildman–Crippen LogP) is 3.17. The lowest BCUT2D eigenvalue weighted by Gasteiger charge is -2.14. The van der Waals surface area contributed by atoms with Gasteiger partial charge < -0.3 is 14.2 Å². The summed E-state index contributed by atoms with van der Waals surface area (Å²) in [6, 6.07) is 5.88. The van der Waals surface area contributed by atoms with Gasteiger partial charge in [-0.1, -0.05) is 6.92 Å². The SMILES string of the molecule is CC=C(OC(=O)CC)C(=C1OCCO1)c1ccc([N+](=O)[O-])cc1. The summed E-state index contributed by atoms with van der Waals surface area (Å²) < 4.78 is 16.2. The third-order valence-electron chi connectivity index (χ3n) is 3.14. The number of hydrogen-bond acceptors (Lipinski definition) is 6. The minimum absolute atomic E-state index is 0.0288. The van der Waals surface area contributed by atoms with E-state index >= 15 is 0 Å². The summed E-state index contributed by atoms with van der Waals surface area (Å²) in [6.07, 6.45) is 1.85. The van der Waals surface area contributed by atoms with Gasteiger partial charge in [0.15, 0.2) is 0 Å². The van der Waals surface area contributed by atoms with Crippen molar-refractivity contribution in [1.82, 2.24) is 0 Å². The van der Waals surface area contributed by atoms with E-state index in [2.05, 4.69) is 0 Å². The maximum absolute atomic E-state index is 11.6. The minimum atomic E-state index is -0.479. The third-order valence-corrected chi connectivity index (χ3v) is 3.14. The van der Waals surface area contributed by atoms with Gasteiger partial charge in [-0.3, -0.25) is 14.9 Å². The van der Waals surface area contributed by atoms with Crippen molar-refractivity contribution < 1.29 is 23.9 Å². The number of nitro groups is 1. The Labute approximate surface area is 133 Å². The van der Waals surface area contributed by atoms with Crippen LogP contribution in [0, 0.1) is 10.1 Å². The van der Waals surface area contributed by atoms with Crippen LogP contribution in [0.3, 0.4) is 0 Å². The van der Waals surface area contributed by atoms with E-state index in [0.29, 0.717) is 30.1 Å².